The Morgan fingerprint density at radius 3 is 2.29 bits per heavy atom. The van der Waals surface area contributed by atoms with Crippen LogP contribution in [0.25, 0.3) is 0 Å². The van der Waals surface area contributed by atoms with Crippen LogP contribution in [-0.2, 0) is 6.42 Å². The van der Waals surface area contributed by atoms with Crippen molar-refractivity contribution in [1.82, 2.24) is 0 Å². The second kappa shape index (κ2) is 7.36. The second-order valence-electron chi connectivity index (χ2n) is 4.63. The number of halogens is 1. The van der Waals surface area contributed by atoms with Gasteiger partial charge in [-0.3, -0.25) is 0 Å². The Hall–Kier alpha value is -1.68. The minimum absolute atomic E-state index is 0.134. The summed E-state index contributed by atoms with van der Waals surface area (Å²) in [6.45, 7) is 0. The molecule has 112 valence electrons. The van der Waals surface area contributed by atoms with Crippen LogP contribution in [0.15, 0.2) is 42.5 Å². The topological polar surface area (TPSA) is 27.7 Å². The highest BCUT2D eigenvalue weighted by molar-refractivity contribution is 9.09. The monoisotopic (exact) mass is 350 g/mol. The largest absolute Gasteiger partial charge is 0.497 e. The lowest BCUT2D eigenvalue weighted by molar-refractivity contribution is 0.398. The van der Waals surface area contributed by atoms with Crippen molar-refractivity contribution in [2.45, 2.75) is 11.2 Å². The molecule has 0 aromatic heterocycles. The van der Waals surface area contributed by atoms with Gasteiger partial charge in [0.25, 0.3) is 0 Å². The lowest BCUT2D eigenvalue weighted by Gasteiger charge is -2.16. The zero-order valence-corrected chi connectivity index (χ0v) is 14.0. The Balaban J connectivity index is 2.24. The number of hydrogen-bond donors (Lipinski definition) is 0. The van der Waals surface area contributed by atoms with Crippen LogP contribution < -0.4 is 14.2 Å². The fourth-order valence-electron chi connectivity index (χ4n) is 2.20. The van der Waals surface area contributed by atoms with Gasteiger partial charge in [-0.1, -0.05) is 28.1 Å². The van der Waals surface area contributed by atoms with E-state index in [2.05, 4.69) is 22.0 Å². The molecule has 0 spiro atoms. The fraction of sp³-hybridized carbons (Fsp3) is 0.294. The second-order valence-corrected chi connectivity index (χ2v) is 5.74. The number of methoxy groups -OCH3 is 3. The number of hydrogen-bond acceptors (Lipinski definition) is 3. The molecule has 0 aliphatic rings. The van der Waals surface area contributed by atoms with E-state index in [1.54, 1.807) is 21.3 Å². The molecular weight excluding hydrogens is 332 g/mol. The molecule has 2 rings (SSSR count). The molecule has 1 unspecified atom stereocenters. The number of alkyl halides is 1. The maximum absolute atomic E-state index is 5.44. The van der Waals surface area contributed by atoms with Gasteiger partial charge in [0.15, 0.2) is 0 Å². The first-order valence-electron chi connectivity index (χ1n) is 6.67. The molecule has 0 radical (unpaired) electrons. The van der Waals surface area contributed by atoms with Gasteiger partial charge < -0.3 is 14.2 Å². The van der Waals surface area contributed by atoms with Crippen LogP contribution in [0.3, 0.4) is 0 Å². The Bertz CT molecular complexity index is 598. The van der Waals surface area contributed by atoms with Crippen LogP contribution in [-0.4, -0.2) is 21.3 Å². The summed E-state index contributed by atoms with van der Waals surface area (Å²) < 4.78 is 16.0. The van der Waals surface area contributed by atoms with Gasteiger partial charge in [-0.15, -0.1) is 0 Å². The van der Waals surface area contributed by atoms with Crippen molar-refractivity contribution in [2.24, 2.45) is 0 Å². The molecule has 0 heterocycles. The van der Waals surface area contributed by atoms with Crippen LogP contribution in [0.4, 0.5) is 0 Å². The quantitative estimate of drug-likeness (QED) is 0.723. The third kappa shape index (κ3) is 3.91. The molecular formula is C17H19BrO3. The highest BCUT2D eigenvalue weighted by Crippen LogP contribution is 2.36. The molecule has 0 aliphatic carbocycles. The van der Waals surface area contributed by atoms with E-state index in [4.69, 9.17) is 14.2 Å². The first-order chi connectivity index (χ1) is 10.2. The maximum Gasteiger partial charge on any atom is 0.123 e. The zero-order valence-electron chi connectivity index (χ0n) is 12.4. The lowest BCUT2D eigenvalue weighted by atomic mass is 10.0. The predicted octanol–water partition coefficient (Wildman–Crippen LogP) is 4.39. The van der Waals surface area contributed by atoms with E-state index in [-0.39, 0.29) is 4.83 Å². The maximum atomic E-state index is 5.44. The van der Waals surface area contributed by atoms with Crippen molar-refractivity contribution in [3.8, 4) is 17.2 Å². The molecule has 21 heavy (non-hydrogen) atoms. The molecule has 2 aromatic rings. The minimum atomic E-state index is 0.134. The van der Waals surface area contributed by atoms with Crippen molar-refractivity contribution >= 4 is 15.9 Å². The van der Waals surface area contributed by atoms with Crippen molar-refractivity contribution in [3.63, 3.8) is 0 Å². The van der Waals surface area contributed by atoms with Crippen LogP contribution >= 0.6 is 15.9 Å². The van der Waals surface area contributed by atoms with Gasteiger partial charge in [-0.05, 0) is 42.3 Å². The van der Waals surface area contributed by atoms with Gasteiger partial charge in [-0.25, -0.2) is 0 Å². The molecule has 3 nitrogen and oxygen atoms in total. The van der Waals surface area contributed by atoms with E-state index >= 15 is 0 Å². The standard InChI is InChI=1S/C17H19BrO3/c1-19-13-6-4-5-12(9-13)10-16(18)15-11-14(20-2)7-8-17(15)21-3/h4-9,11,16H,10H2,1-3H3. The molecule has 0 saturated carbocycles. The summed E-state index contributed by atoms with van der Waals surface area (Å²) >= 11 is 3.75. The summed E-state index contributed by atoms with van der Waals surface area (Å²) in [6, 6.07) is 13.9. The van der Waals surface area contributed by atoms with Gasteiger partial charge in [0.2, 0.25) is 0 Å². The highest BCUT2D eigenvalue weighted by Gasteiger charge is 2.15. The van der Waals surface area contributed by atoms with Gasteiger partial charge in [0.05, 0.1) is 21.3 Å². The molecule has 0 aliphatic heterocycles. The minimum Gasteiger partial charge on any atom is -0.497 e. The first kappa shape index (κ1) is 15.7. The normalized spacial score (nSPS) is 11.8. The summed E-state index contributed by atoms with van der Waals surface area (Å²) in [4.78, 5) is 0.134. The van der Waals surface area contributed by atoms with E-state index in [0.717, 1.165) is 29.2 Å². The number of ether oxygens (including phenoxy) is 3. The Morgan fingerprint density at radius 2 is 1.62 bits per heavy atom. The molecule has 0 bridgehead atoms. The molecule has 0 saturated heterocycles. The van der Waals surface area contributed by atoms with Gasteiger partial charge >= 0.3 is 0 Å². The average molecular weight is 351 g/mol. The highest BCUT2D eigenvalue weighted by atomic mass is 79.9. The number of rotatable bonds is 6. The molecule has 1 atom stereocenters. The SMILES string of the molecule is COc1cccc(CC(Br)c2cc(OC)ccc2OC)c1. The van der Waals surface area contributed by atoms with Crippen LogP contribution in [0.2, 0.25) is 0 Å². The van der Waals surface area contributed by atoms with E-state index in [1.807, 2.05) is 36.4 Å². The van der Waals surface area contributed by atoms with Gasteiger partial charge in [0.1, 0.15) is 17.2 Å². The summed E-state index contributed by atoms with van der Waals surface area (Å²) in [7, 11) is 5.02. The fourth-order valence-corrected chi connectivity index (χ4v) is 2.93. The van der Waals surface area contributed by atoms with Crippen LogP contribution in [0.5, 0.6) is 17.2 Å². The van der Waals surface area contributed by atoms with E-state index in [0.29, 0.717) is 0 Å². The average Bonchev–Trinajstić information content (AvgIpc) is 2.54. The smallest absolute Gasteiger partial charge is 0.123 e. The third-order valence-electron chi connectivity index (χ3n) is 3.32. The summed E-state index contributed by atoms with van der Waals surface area (Å²) in [5, 5.41) is 0. The van der Waals surface area contributed by atoms with Crippen molar-refractivity contribution in [2.75, 3.05) is 21.3 Å². The Morgan fingerprint density at radius 1 is 0.905 bits per heavy atom. The summed E-state index contributed by atoms with van der Waals surface area (Å²) in [5.41, 5.74) is 2.26. The van der Waals surface area contributed by atoms with Crippen molar-refractivity contribution in [1.29, 1.82) is 0 Å². The summed E-state index contributed by atoms with van der Waals surface area (Å²) in [6.07, 6.45) is 0.834. The van der Waals surface area contributed by atoms with E-state index in [9.17, 15) is 0 Å². The molecule has 0 fully saturated rings. The molecule has 0 amide bonds. The zero-order chi connectivity index (χ0) is 15.2. The van der Waals surface area contributed by atoms with Crippen molar-refractivity contribution < 1.29 is 14.2 Å². The van der Waals surface area contributed by atoms with E-state index in [1.165, 1.54) is 5.56 Å². The third-order valence-corrected chi connectivity index (χ3v) is 4.14. The van der Waals surface area contributed by atoms with E-state index < -0.39 is 0 Å². The van der Waals surface area contributed by atoms with Crippen molar-refractivity contribution in [3.05, 3.63) is 53.6 Å². The molecule has 0 N–H and O–H groups in total. The summed E-state index contributed by atoms with van der Waals surface area (Å²) in [5.74, 6) is 2.53. The van der Waals surface area contributed by atoms with Gasteiger partial charge in [-0.2, -0.15) is 0 Å². The first-order valence-corrected chi connectivity index (χ1v) is 7.58. The van der Waals surface area contributed by atoms with Gasteiger partial charge in [0, 0.05) is 10.4 Å². The van der Waals surface area contributed by atoms with Crippen LogP contribution in [0.1, 0.15) is 16.0 Å². The lowest BCUT2D eigenvalue weighted by Crippen LogP contribution is -2.00. The predicted molar refractivity (Wildman–Crippen MR) is 87.9 cm³/mol. The Labute approximate surface area is 134 Å². The Kier molecular flexibility index (Phi) is 5.51. The van der Waals surface area contributed by atoms with Crippen LogP contribution in [0, 0.1) is 0 Å². The molecule has 4 heteroatoms. The molecule has 2 aromatic carbocycles. The number of benzene rings is 2.